The van der Waals surface area contributed by atoms with Crippen molar-refractivity contribution in [1.29, 1.82) is 0 Å². The third-order valence-corrected chi connectivity index (χ3v) is 3.93. The lowest BCUT2D eigenvalue weighted by atomic mass is 9.70. The van der Waals surface area contributed by atoms with E-state index in [2.05, 4.69) is 11.5 Å². The highest BCUT2D eigenvalue weighted by Crippen LogP contribution is 2.43. The van der Waals surface area contributed by atoms with Crippen LogP contribution in [0.25, 0.3) is 0 Å². The minimum Gasteiger partial charge on any atom is -0.468 e. The van der Waals surface area contributed by atoms with E-state index >= 15 is 0 Å². The maximum atomic E-state index is 11.9. The van der Waals surface area contributed by atoms with Crippen molar-refractivity contribution in [2.45, 2.75) is 31.2 Å². The zero-order valence-electron chi connectivity index (χ0n) is 9.37. The van der Waals surface area contributed by atoms with Gasteiger partial charge >= 0.3 is 5.97 Å². The van der Waals surface area contributed by atoms with Crippen molar-refractivity contribution in [2.75, 3.05) is 20.2 Å². The van der Waals surface area contributed by atoms with E-state index in [0.29, 0.717) is 0 Å². The second kappa shape index (κ2) is 3.97. The van der Waals surface area contributed by atoms with E-state index in [1.165, 1.54) is 20.0 Å². The Kier molecular flexibility index (Phi) is 2.83. The number of methoxy groups -OCH3 is 1. The van der Waals surface area contributed by atoms with Gasteiger partial charge in [0.05, 0.1) is 7.11 Å². The molecule has 0 radical (unpaired) electrons. The maximum Gasteiger partial charge on any atom is 0.326 e. The number of carbonyl (C=O) groups excluding carboxylic acids is 1. The Morgan fingerprint density at radius 1 is 1.60 bits per heavy atom. The Labute approximate surface area is 91.1 Å². The van der Waals surface area contributed by atoms with Gasteiger partial charge < -0.3 is 4.74 Å². The number of esters is 1. The van der Waals surface area contributed by atoms with Crippen LogP contribution in [-0.4, -0.2) is 36.6 Å². The molecule has 0 atom stereocenters. The smallest absolute Gasteiger partial charge is 0.326 e. The minimum absolute atomic E-state index is 0.0532. The summed E-state index contributed by atoms with van der Waals surface area (Å²) in [5, 5.41) is 0. The highest BCUT2D eigenvalue weighted by Gasteiger charge is 2.51. The van der Waals surface area contributed by atoms with Gasteiger partial charge in [-0.3, -0.25) is 9.69 Å². The van der Waals surface area contributed by atoms with Gasteiger partial charge in [0.1, 0.15) is 5.54 Å². The van der Waals surface area contributed by atoms with Crippen LogP contribution < -0.4 is 0 Å². The lowest BCUT2D eigenvalue weighted by Crippen LogP contribution is -2.62. The van der Waals surface area contributed by atoms with Gasteiger partial charge in [0.15, 0.2) is 0 Å². The fourth-order valence-electron chi connectivity index (χ4n) is 3.07. The molecule has 0 aromatic carbocycles. The summed E-state index contributed by atoms with van der Waals surface area (Å²) in [6.07, 6.45) is 6.13. The van der Waals surface area contributed by atoms with Crippen molar-refractivity contribution in [3.63, 3.8) is 0 Å². The van der Waals surface area contributed by atoms with Gasteiger partial charge in [0, 0.05) is 13.1 Å². The molecule has 1 saturated carbocycles. The number of fused-ring (bicyclic) bond motifs is 3. The van der Waals surface area contributed by atoms with E-state index < -0.39 is 0 Å². The summed E-state index contributed by atoms with van der Waals surface area (Å²) < 4.78 is 4.97. The van der Waals surface area contributed by atoms with E-state index in [4.69, 9.17) is 4.74 Å². The predicted octanol–water partition coefficient (Wildman–Crippen LogP) is 1.59. The highest BCUT2D eigenvalue weighted by atomic mass is 16.5. The molecule has 2 heterocycles. The molecule has 3 fully saturated rings. The normalized spacial score (nSPS) is 35.1. The summed E-state index contributed by atoms with van der Waals surface area (Å²) in [5.74, 6) is 0.721. The van der Waals surface area contributed by atoms with Gasteiger partial charge in [-0.05, 0) is 31.6 Å². The van der Waals surface area contributed by atoms with Crippen molar-refractivity contribution < 1.29 is 9.53 Å². The van der Waals surface area contributed by atoms with Crippen LogP contribution in [0.2, 0.25) is 0 Å². The van der Waals surface area contributed by atoms with Gasteiger partial charge in [0.25, 0.3) is 0 Å². The molecular weight excluding hydrogens is 190 g/mol. The zero-order chi connectivity index (χ0) is 10.9. The average molecular weight is 209 g/mol. The number of ether oxygens (including phenoxy) is 1. The number of carbonyl (C=O) groups is 1. The molecule has 0 amide bonds. The molecule has 3 rings (SSSR count). The predicted molar refractivity (Wildman–Crippen MR) is 58.5 cm³/mol. The lowest BCUT2D eigenvalue weighted by Gasteiger charge is -2.52. The van der Waals surface area contributed by atoms with Crippen LogP contribution in [0.5, 0.6) is 0 Å². The van der Waals surface area contributed by atoms with Crippen LogP contribution in [0.15, 0.2) is 12.7 Å². The quantitative estimate of drug-likeness (QED) is 0.522. The Balaban J connectivity index is 2.22. The van der Waals surface area contributed by atoms with E-state index in [0.717, 1.165) is 31.8 Å². The van der Waals surface area contributed by atoms with Crippen molar-refractivity contribution in [1.82, 2.24) is 4.90 Å². The molecule has 3 aliphatic rings. The Morgan fingerprint density at radius 2 is 2.27 bits per heavy atom. The van der Waals surface area contributed by atoms with E-state index in [1.54, 1.807) is 0 Å². The SMILES string of the molecule is C=CCN1CC2CCC1(C(=O)OC)CC2. The Bertz CT molecular complexity index is 267. The molecule has 0 unspecified atom stereocenters. The van der Waals surface area contributed by atoms with Crippen LogP contribution in [0, 0.1) is 5.92 Å². The fraction of sp³-hybridized carbons (Fsp3) is 0.750. The summed E-state index contributed by atoms with van der Waals surface area (Å²) in [6.45, 7) is 5.59. The summed E-state index contributed by atoms with van der Waals surface area (Å²) in [6, 6.07) is 0. The molecule has 15 heavy (non-hydrogen) atoms. The van der Waals surface area contributed by atoms with Gasteiger partial charge in [-0.1, -0.05) is 6.08 Å². The number of hydrogen-bond donors (Lipinski definition) is 0. The number of rotatable bonds is 3. The second-order valence-corrected chi connectivity index (χ2v) is 4.66. The van der Waals surface area contributed by atoms with Crippen LogP contribution >= 0.6 is 0 Å². The molecule has 1 aliphatic carbocycles. The van der Waals surface area contributed by atoms with E-state index in [9.17, 15) is 4.79 Å². The monoisotopic (exact) mass is 209 g/mol. The summed E-state index contributed by atoms with van der Waals surface area (Å²) in [4.78, 5) is 14.2. The maximum absolute atomic E-state index is 11.9. The van der Waals surface area contributed by atoms with Gasteiger partial charge in [0.2, 0.25) is 0 Å². The molecular formula is C12H19NO2. The topological polar surface area (TPSA) is 29.5 Å². The molecule has 0 aromatic rings. The summed E-state index contributed by atoms with van der Waals surface area (Å²) in [5.41, 5.74) is -0.336. The molecule has 2 bridgehead atoms. The third-order valence-electron chi connectivity index (χ3n) is 3.93. The molecule has 0 N–H and O–H groups in total. The van der Waals surface area contributed by atoms with Crippen molar-refractivity contribution >= 4 is 5.97 Å². The summed E-state index contributed by atoms with van der Waals surface area (Å²) in [7, 11) is 1.49. The van der Waals surface area contributed by atoms with Crippen LogP contribution in [0.1, 0.15) is 25.7 Å². The van der Waals surface area contributed by atoms with Crippen LogP contribution in [0.3, 0.4) is 0 Å². The number of piperidine rings is 2. The first-order valence-electron chi connectivity index (χ1n) is 5.67. The number of hydrogen-bond acceptors (Lipinski definition) is 3. The molecule has 0 spiro atoms. The third kappa shape index (κ3) is 1.59. The van der Waals surface area contributed by atoms with Crippen molar-refractivity contribution in [3.05, 3.63) is 12.7 Å². The molecule has 2 aliphatic heterocycles. The van der Waals surface area contributed by atoms with Gasteiger partial charge in [-0.25, -0.2) is 0 Å². The fourth-order valence-corrected chi connectivity index (χ4v) is 3.07. The summed E-state index contributed by atoms with van der Waals surface area (Å²) >= 11 is 0. The Hall–Kier alpha value is -0.830. The Morgan fingerprint density at radius 3 is 2.80 bits per heavy atom. The second-order valence-electron chi connectivity index (χ2n) is 4.66. The molecule has 84 valence electrons. The van der Waals surface area contributed by atoms with Gasteiger partial charge in [-0.2, -0.15) is 0 Å². The zero-order valence-corrected chi connectivity index (χ0v) is 9.37. The van der Waals surface area contributed by atoms with Crippen molar-refractivity contribution in [3.8, 4) is 0 Å². The molecule has 3 heteroatoms. The van der Waals surface area contributed by atoms with E-state index in [1.807, 2.05) is 6.08 Å². The lowest BCUT2D eigenvalue weighted by molar-refractivity contribution is -0.164. The first-order chi connectivity index (χ1) is 7.23. The molecule has 0 aromatic heterocycles. The molecule has 2 saturated heterocycles. The highest BCUT2D eigenvalue weighted by molar-refractivity contribution is 5.81. The van der Waals surface area contributed by atoms with Crippen LogP contribution in [-0.2, 0) is 9.53 Å². The minimum atomic E-state index is -0.336. The first kappa shape index (κ1) is 10.7. The first-order valence-corrected chi connectivity index (χ1v) is 5.67. The van der Waals surface area contributed by atoms with Crippen molar-refractivity contribution in [2.24, 2.45) is 5.92 Å². The average Bonchev–Trinajstić information content (AvgIpc) is 2.30. The standard InChI is InChI=1S/C12H19NO2/c1-3-8-13-9-10-4-6-12(13,7-5-10)11(14)15-2/h3,10H,1,4-9H2,2H3. The van der Waals surface area contributed by atoms with E-state index in [-0.39, 0.29) is 11.5 Å². The van der Waals surface area contributed by atoms with Gasteiger partial charge in [-0.15, -0.1) is 6.58 Å². The van der Waals surface area contributed by atoms with Crippen LogP contribution in [0.4, 0.5) is 0 Å². The number of nitrogens with zero attached hydrogens (tertiary/aromatic N) is 1. The molecule has 3 nitrogen and oxygen atoms in total. The largest absolute Gasteiger partial charge is 0.468 e.